The van der Waals surface area contributed by atoms with Crippen LogP contribution in [0.4, 0.5) is 0 Å². The first-order valence-electron chi connectivity index (χ1n) is 11.5. The zero-order chi connectivity index (χ0) is 22.2. The number of fused-ring (bicyclic) bond motifs is 12. The molecule has 0 bridgehead atoms. The fourth-order valence-electron chi connectivity index (χ4n) is 5.49. The monoisotopic (exact) mass is 450 g/mol. The van der Waals surface area contributed by atoms with Gasteiger partial charge in [0.2, 0.25) is 0 Å². The SMILES string of the molecule is c1ccc(-c2cccc3c2sc2c3ccc3c2c2ccccc2n2c4ccccc4nc32)cc1. The van der Waals surface area contributed by atoms with Crippen molar-refractivity contribution in [3.05, 3.63) is 109 Å². The van der Waals surface area contributed by atoms with Gasteiger partial charge in [0, 0.05) is 36.3 Å². The molecule has 8 aromatic rings. The van der Waals surface area contributed by atoms with E-state index in [4.69, 9.17) is 4.98 Å². The number of aromatic nitrogens is 2. The Kier molecular flexibility index (Phi) is 3.57. The Bertz CT molecular complexity index is 2060. The van der Waals surface area contributed by atoms with E-state index in [-0.39, 0.29) is 0 Å². The molecule has 0 spiro atoms. The molecule has 0 N–H and O–H groups in total. The third kappa shape index (κ3) is 2.32. The molecule has 0 atom stereocenters. The first-order valence-corrected chi connectivity index (χ1v) is 12.3. The second-order valence-electron chi connectivity index (χ2n) is 8.79. The summed E-state index contributed by atoms with van der Waals surface area (Å²) in [6.45, 7) is 0. The van der Waals surface area contributed by atoms with Crippen LogP contribution in [-0.4, -0.2) is 9.38 Å². The van der Waals surface area contributed by atoms with Gasteiger partial charge in [-0.25, -0.2) is 4.98 Å². The molecule has 0 aliphatic heterocycles. The van der Waals surface area contributed by atoms with Gasteiger partial charge in [-0.2, -0.15) is 0 Å². The zero-order valence-electron chi connectivity index (χ0n) is 18.2. The van der Waals surface area contributed by atoms with E-state index < -0.39 is 0 Å². The molecular formula is C31H18N2S. The molecule has 0 saturated heterocycles. The predicted molar refractivity (Wildman–Crippen MR) is 146 cm³/mol. The van der Waals surface area contributed by atoms with Crippen molar-refractivity contribution >= 4 is 69.9 Å². The Balaban J connectivity index is 1.62. The van der Waals surface area contributed by atoms with E-state index in [2.05, 4.69) is 114 Å². The molecule has 0 unspecified atom stereocenters. The lowest BCUT2D eigenvalue weighted by molar-refractivity contribution is 1.32. The van der Waals surface area contributed by atoms with Crippen LogP contribution in [0.3, 0.4) is 0 Å². The first-order chi connectivity index (χ1) is 16.9. The summed E-state index contributed by atoms with van der Waals surface area (Å²) in [5.41, 5.74) is 6.96. The van der Waals surface area contributed by atoms with Crippen molar-refractivity contribution in [1.29, 1.82) is 0 Å². The van der Waals surface area contributed by atoms with Crippen LogP contribution in [0.2, 0.25) is 0 Å². The van der Waals surface area contributed by atoms with E-state index in [0.29, 0.717) is 0 Å². The summed E-state index contributed by atoms with van der Waals surface area (Å²) in [5.74, 6) is 0. The molecule has 0 radical (unpaired) electrons. The standard InChI is InChI=1S/C31H18N2S/c1-2-9-19(10-3-1)20-12-8-13-21-22-17-18-24-28(30(22)34-29(20)21)23-11-4-6-15-26(23)33-27-16-7-5-14-25(27)32-31(24)33/h1-18H. The molecule has 0 aliphatic rings. The normalized spacial score (nSPS) is 12.1. The summed E-state index contributed by atoms with van der Waals surface area (Å²) in [6.07, 6.45) is 0. The van der Waals surface area contributed by atoms with Gasteiger partial charge in [-0.3, -0.25) is 4.40 Å². The van der Waals surface area contributed by atoms with Gasteiger partial charge in [0.1, 0.15) is 5.65 Å². The number of hydrogen-bond donors (Lipinski definition) is 0. The van der Waals surface area contributed by atoms with Crippen molar-refractivity contribution < 1.29 is 0 Å². The fourth-order valence-corrected chi connectivity index (χ4v) is 6.89. The number of imidazole rings is 1. The zero-order valence-corrected chi connectivity index (χ0v) is 19.0. The molecule has 0 amide bonds. The maximum atomic E-state index is 5.09. The van der Waals surface area contributed by atoms with Crippen LogP contribution in [0.1, 0.15) is 0 Å². The molecule has 3 heterocycles. The Morgan fingerprint density at radius 1 is 0.529 bits per heavy atom. The van der Waals surface area contributed by atoms with Crippen LogP contribution in [0, 0.1) is 0 Å². The molecule has 8 rings (SSSR count). The lowest BCUT2D eigenvalue weighted by Crippen LogP contribution is -1.91. The highest BCUT2D eigenvalue weighted by molar-refractivity contribution is 7.27. The van der Waals surface area contributed by atoms with Crippen LogP contribution in [0.25, 0.3) is 69.7 Å². The Labute approximate surface area is 199 Å². The van der Waals surface area contributed by atoms with E-state index in [1.54, 1.807) is 0 Å². The number of thiophene rings is 1. The summed E-state index contributed by atoms with van der Waals surface area (Å²) in [5, 5.41) is 6.41. The summed E-state index contributed by atoms with van der Waals surface area (Å²) in [7, 11) is 0. The Morgan fingerprint density at radius 3 is 2.15 bits per heavy atom. The van der Waals surface area contributed by atoms with Crippen LogP contribution in [-0.2, 0) is 0 Å². The van der Waals surface area contributed by atoms with Gasteiger partial charge in [-0.05, 0) is 35.4 Å². The van der Waals surface area contributed by atoms with Crippen molar-refractivity contribution in [2.45, 2.75) is 0 Å². The number of rotatable bonds is 1. The highest BCUT2D eigenvalue weighted by atomic mass is 32.1. The minimum Gasteiger partial charge on any atom is -0.292 e. The van der Waals surface area contributed by atoms with E-state index >= 15 is 0 Å². The fraction of sp³-hybridized carbons (Fsp3) is 0. The van der Waals surface area contributed by atoms with Gasteiger partial charge >= 0.3 is 0 Å². The molecule has 3 heteroatoms. The number of hydrogen-bond acceptors (Lipinski definition) is 2. The van der Waals surface area contributed by atoms with Crippen molar-refractivity contribution in [1.82, 2.24) is 9.38 Å². The smallest absolute Gasteiger partial charge is 0.146 e. The van der Waals surface area contributed by atoms with Gasteiger partial charge in [0.05, 0.1) is 16.6 Å². The lowest BCUT2D eigenvalue weighted by Gasteiger charge is -2.09. The van der Waals surface area contributed by atoms with E-state index in [9.17, 15) is 0 Å². The third-order valence-corrected chi connectivity index (χ3v) is 8.24. The van der Waals surface area contributed by atoms with Gasteiger partial charge in [0.15, 0.2) is 0 Å². The summed E-state index contributed by atoms with van der Waals surface area (Å²) in [6, 6.07) is 39.1. The summed E-state index contributed by atoms with van der Waals surface area (Å²) in [4.78, 5) is 5.09. The molecular weight excluding hydrogens is 432 g/mol. The van der Waals surface area contributed by atoms with Crippen molar-refractivity contribution in [2.24, 2.45) is 0 Å². The van der Waals surface area contributed by atoms with Crippen molar-refractivity contribution in [3.8, 4) is 11.1 Å². The highest BCUT2D eigenvalue weighted by Gasteiger charge is 2.18. The van der Waals surface area contributed by atoms with Crippen LogP contribution in [0.5, 0.6) is 0 Å². The van der Waals surface area contributed by atoms with Crippen LogP contribution >= 0.6 is 11.3 Å². The molecule has 158 valence electrons. The largest absolute Gasteiger partial charge is 0.292 e. The van der Waals surface area contributed by atoms with Gasteiger partial charge < -0.3 is 0 Å². The topological polar surface area (TPSA) is 17.3 Å². The van der Waals surface area contributed by atoms with Crippen molar-refractivity contribution in [2.75, 3.05) is 0 Å². The van der Waals surface area contributed by atoms with Crippen LogP contribution in [0.15, 0.2) is 109 Å². The maximum Gasteiger partial charge on any atom is 0.146 e. The van der Waals surface area contributed by atoms with E-state index in [0.717, 1.165) is 16.7 Å². The summed E-state index contributed by atoms with van der Waals surface area (Å²) < 4.78 is 5.00. The number of pyridine rings is 1. The number of nitrogens with zero attached hydrogens (tertiary/aromatic N) is 2. The quantitative estimate of drug-likeness (QED) is 0.228. The highest BCUT2D eigenvalue weighted by Crippen LogP contribution is 2.45. The second-order valence-corrected chi connectivity index (χ2v) is 9.81. The first kappa shape index (κ1) is 18.2. The Morgan fingerprint density at radius 2 is 1.24 bits per heavy atom. The number of benzene rings is 5. The average molecular weight is 451 g/mol. The molecule has 0 fully saturated rings. The molecule has 0 saturated carbocycles. The third-order valence-electron chi connectivity index (χ3n) is 6.97. The maximum absolute atomic E-state index is 5.09. The van der Waals surface area contributed by atoms with Gasteiger partial charge in [0.25, 0.3) is 0 Å². The van der Waals surface area contributed by atoms with E-state index in [1.165, 1.54) is 53.0 Å². The average Bonchev–Trinajstić information content (AvgIpc) is 3.48. The van der Waals surface area contributed by atoms with Gasteiger partial charge in [-0.1, -0.05) is 84.9 Å². The molecule has 2 nitrogen and oxygen atoms in total. The predicted octanol–water partition coefficient (Wildman–Crippen LogP) is 8.83. The minimum absolute atomic E-state index is 1.03. The Hall–Kier alpha value is -4.21. The number of para-hydroxylation sites is 3. The molecule has 34 heavy (non-hydrogen) atoms. The van der Waals surface area contributed by atoms with E-state index in [1.807, 2.05) is 11.3 Å². The second kappa shape index (κ2) is 6.66. The minimum atomic E-state index is 1.03. The van der Waals surface area contributed by atoms with Gasteiger partial charge in [-0.15, -0.1) is 11.3 Å². The lowest BCUT2D eigenvalue weighted by atomic mass is 10.0. The molecule has 0 aliphatic carbocycles. The summed E-state index contributed by atoms with van der Waals surface area (Å²) >= 11 is 1.91. The van der Waals surface area contributed by atoms with Crippen LogP contribution < -0.4 is 0 Å². The molecule has 5 aromatic carbocycles. The van der Waals surface area contributed by atoms with Crippen molar-refractivity contribution in [3.63, 3.8) is 0 Å². The molecule has 3 aromatic heterocycles.